The van der Waals surface area contributed by atoms with E-state index < -0.39 is 0 Å². The van der Waals surface area contributed by atoms with Gasteiger partial charge < -0.3 is 9.47 Å². The first kappa shape index (κ1) is 10.7. The molecule has 0 saturated carbocycles. The summed E-state index contributed by atoms with van der Waals surface area (Å²) in [5.74, 6) is 0.549. The van der Waals surface area contributed by atoms with Crippen molar-refractivity contribution in [2.45, 2.75) is 26.6 Å². The molecule has 3 nitrogen and oxygen atoms in total. The molecule has 0 saturated heterocycles. The molecule has 0 fully saturated rings. The zero-order valence-corrected chi connectivity index (χ0v) is 8.40. The Hall–Kier alpha value is -1.35. The van der Waals surface area contributed by atoms with E-state index in [0.717, 1.165) is 5.56 Å². The van der Waals surface area contributed by atoms with Crippen molar-refractivity contribution in [3.8, 4) is 5.75 Å². The van der Waals surface area contributed by atoms with Crippen molar-refractivity contribution in [1.29, 1.82) is 0 Å². The minimum Gasteiger partial charge on any atom is -0.429 e. The Morgan fingerprint density at radius 3 is 2.43 bits per heavy atom. The summed E-state index contributed by atoms with van der Waals surface area (Å²) in [6, 6.07) is 7.24. The summed E-state index contributed by atoms with van der Waals surface area (Å²) >= 11 is 0. The third-order valence-electron chi connectivity index (χ3n) is 1.69. The first-order valence-corrected chi connectivity index (χ1v) is 4.53. The predicted molar refractivity (Wildman–Crippen MR) is 53.1 cm³/mol. The lowest BCUT2D eigenvalue weighted by molar-refractivity contribution is -0.120. The van der Waals surface area contributed by atoms with Gasteiger partial charge >= 0.3 is 0 Å². The van der Waals surface area contributed by atoms with Crippen molar-refractivity contribution in [3.05, 3.63) is 29.8 Å². The van der Waals surface area contributed by atoms with Crippen LogP contribution in [0.15, 0.2) is 24.3 Å². The summed E-state index contributed by atoms with van der Waals surface area (Å²) in [5, 5.41) is 0. The average molecular weight is 194 g/mol. The number of rotatable bonds is 5. The minimum atomic E-state index is 0.223. The highest BCUT2D eigenvalue weighted by Crippen LogP contribution is 2.12. The second-order valence-electron chi connectivity index (χ2n) is 3.22. The highest BCUT2D eigenvalue weighted by Gasteiger charge is 1.97. The van der Waals surface area contributed by atoms with Crippen molar-refractivity contribution in [3.63, 3.8) is 0 Å². The van der Waals surface area contributed by atoms with Crippen LogP contribution in [-0.4, -0.2) is 12.6 Å². The van der Waals surface area contributed by atoms with E-state index in [2.05, 4.69) is 4.74 Å². The van der Waals surface area contributed by atoms with Crippen LogP contribution in [0.5, 0.6) is 5.75 Å². The highest BCUT2D eigenvalue weighted by atomic mass is 16.5. The first-order chi connectivity index (χ1) is 6.72. The van der Waals surface area contributed by atoms with Gasteiger partial charge in [-0.2, -0.15) is 0 Å². The Morgan fingerprint density at radius 2 is 1.93 bits per heavy atom. The number of ether oxygens (including phenoxy) is 2. The van der Waals surface area contributed by atoms with Crippen molar-refractivity contribution in [2.75, 3.05) is 0 Å². The molecule has 0 spiro atoms. The molecule has 0 aliphatic carbocycles. The molecule has 0 unspecified atom stereocenters. The van der Waals surface area contributed by atoms with Crippen LogP contribution in [-0.2, 0) is 16.1 Å². The van der Waals surface area contributed by atoms with Gasteiger partial charge in [0.05, 0.1) is 12.7 Å². The molecule has 0 atom stereocenters. The second-order valence-corrected chi connectivity index (χ2v) is 3.22. The molecule has 1 rings (SSSR count). The molecule has 3 heteroatoms. The van der Waals surface area contributed by atoms with Crippen LogP contribution in [0.4, 0.5) is 0 Å². The van der Waals surface area contributed by atoms with Crippen LogP contribution >= 0.6 is 0 Å². The van der Waals surface area contributed by atoms with Crippen LogP contribution in [0, 0.1) is 0 Å². The maximum atomic E-state index is 10.0. The fourth-order valence-corrected chi connectivity index (χ4v) is 0.983. The average Bonchev–Trinajstić information content (AvgIpc) is 2.17. The number of carbonyl (C=O) groups is 1. The summed E-state index contributed by atoms with van der Waals surface area (Å²) in [5.41, 5.74) is 1.07. The van der Waals surface area contributed by atoms with E-state index in [0.29, 0.717) is 18.8 Å². The van der Waals surface area contributed by atoms with E-state index in [9.17, 15) is 4.79 Å². The molecule has 0 amide bonds. The van der Waals surface area contributed by atoms with Crippen molar-refractivity contribution >= 4 is 6.47 Å². The molecule has 0 radical (unpaired) electrons. The summed E-state index contributed by atoms with van der Waals surface area (Å²) in [7, 11) is 0. The molecule has 14 heavy (non-hydrogen) atoms. The quantitative estimate of drug-likeness (QED) is 0.674. The molecule has 0 heterocycles. The van der Waals surface area contributed by atoms with E-state index >= 15 is 0 Å². The summed E-state index contributed by atoms with van der Waals surface area (Å²) < 4.78 is 10.1. The largest absolute Gasteiger partial charge is 0.429 e. The van der Waals surface area contributed by atoms with Gasteiger partial charge in [-0.1, -0.05) is 12.1 Å². The second kappa shape index (κ2) is 5.40. The third kappa shape index (κ3) is 3.58. The van der Waals surface area contributed by atoms with Gasteiger partial charge in [-0.05, 0) is 31.5 Å². The van der Waals surface area contributed by atoms with Crippen molar-refractivity contribution < 1.29 is 14.3 Å². The van der Waals surface area contributed by atoms with Crippen LogP contribution in [0.1, 0.15) is 19.4 Å². The predicted octanol–water partition coefficient (Wildman–Crippen LogP) is 2.15. The van der Waals surface area contributed by atoms with E-state index in [1.54, 1.807) is 12.1 Å². The Bertz CT molecular complexity index is 277. The number of benzene rings is 1. The topological polar surface area (TPSA) is 35.5 Å². The maximum Gasteiger partial charge on any atom is 0.298 e. The molecular weight excluding hydrogens is 180 g/mol. The zero-order valence-electron chi connectivity index (χ0n) is 8.40. The molecule has 0 bridgehead atoms. The lowest BCUT2D eigenvalue weighted by Crippen LogP contribution is -2.02. The van der Waals surface area contributed by atoms with E-state index in [1.807, 2.05) is 26.0 Å². The Morgan fingerprint density at radius 1 is 1.29 bits per heavy atom. The summed E-state index contributed by atoms with van der Waals surface area (Å²) in [6.07, 6.45) is 0.223. The number of hydrogen-bond acceptors (Lipinski definition) is 3. The number of hydrogen-bond donors (Lipinski definition) is 0. The first-order valence-electron chi connectivity index (χ1n) is 4.53. The Balaban J connectivity index is 2.50. The molecule has 76 valence electrons. The standard InChI is InChI=1S/C11H14O3/c1-9(2)13-7-10-3-5-11(6-4-10)14-8-12/h3-6,8-9H,7H2,1-2H3. The van der Waals surface area contributed by atoms with Crippen LogP contribution in [0.25, 0.3) is 0 Å². The van der Waals surface area contributed by atoms with Gasteiger partial charge in [-0.25, -0.2) is 0 Å². The van der Waals surface area contributed by atoms with E-state index in [1.165, 1.54) is 0 Å². The molecule has 1 aromatic rings. The van der Waals surface area contributed by atoms with Gasteiger partial charge in [0.25, 0.3) is 6.47 Å². The lowest BCUT2D eigenvalue weighted by atomic mass is 10.2. The van der Waals surface area contributed by atoms with Gasteiger partial charge in [0.1, 0.15) is 5.75 Å². The molecule has 0 aromatic heterocycles. The van der Waals surface area contributed by atoms with Gasteiger partial charge in [-0.3, -0.25) is 4.79 Å². The fraction of sp³-hybridized carbons (Fsp3) is 0.364. The van der Waals surface area contributed by atoms with Crippen LogP contribution < -0.4 is 4.74 Å². The summed E-state index contributed by atoms with van der Waals surface area (Å²) in [6.45, 7) is 4.98. The van der Waals surface area contributed by atoms with Gasteiger partial charge in [0.2, 0.25) is 0 Å². The van der Waals surface area contributed by atoms with Gasteiger partial charge in [0, 0.05) is 0 Å². The minimum absolute atomic E-state index is 0.223. The van der Waals surface area contributed by atoms with E-state index in [4.69, 9.17) is 4.74 Å². The van der Waals surface area contributed by atoms with Crippen LogP contribution in [0.2, 0.25) is 0 Å². The third-order valence-corrected chi connectivity index (χ3v) is 1.69. The Kier molecular flexibility index (Phi) is 4.13. The molecule has 0 N–H and O–H groups in total. The number of carbonyl (C=O) groups excluding carboxylic acids is 1. The lowest BCUT2D eigenvalue weighted by Gasteiger charge is -2.07. The molecule has 0 aliphatic heterocycles. The normalized spacial score (nSPS) is 10.2. The van der Waals surface area contributed by atoms with E-state index in [-0.39, 0.29) is 6.10 Å². The molecular formula is C11H14O3. The Labute approximate surface area is 83.6 Å². The van der Waals surface area contributed by atoms with Gasteiger partial charge in [0.15, 0.2) is 0 Å². The summed E-state index contributed by atoms with van der Waals surface area (Å²) in [4.78, 5) is 10.0. The van der Waals surface area contributed by atoms with Gasteiger partial charge in [-0.15, -0.1) is 0 Å². The van der Waals surface area contributed by atoms with Crippen molar-refractivity contribution in [2.24, 2.45) is 0 Å². The van der Waals surface area contributed by atoms with Crippen molar-refractivity contribution in [1.82, 2.24) is 0 Å². The monoisotopic (exact) mass is 194 g/mol. The smallest absolute Gasteiger partial charge is 0.298 e. The SMILES string of the molecule is CC(C)OCc1ccc(OC=O)cc1. The molecule has 1 aromatic carbocycles. The highest BCUT2D eigenvalue weighted by molar-refractivity contribution is 5.45. The maximum absolute atomic E-state index is 10.0. The fourth-order valence-electron chi connectivity index (χ4n) is 0.983. The molecule has 0 aliphatic rings. The zero-order chi connectivity index (χ0) is 10.4. The van der Waals surface area contributed by atoms with Crippen LogP contribution in [0.3, 0.4) is 0 Å².